The molecule has 4 nitrogen and oxygen atoms in total. The fourth-order valence-corrected chi connectivity index (χ4v) is 2.77. The lowest BCUT2D eigenvalue weighted by Crippen LogP contribution is -2.14. The number of nitrogens with zero attached hydrogens (tertiary/aromatic N) is 1. The molecule has 0 radical (unpaired) electrons. The van der Waals surface area contributed by atoms with Crippen molar-refractivity contribution in [3.8, 4) is 11.3 Å². The van der Waals surface area contributed by atoms with Crippen LogP contribution < -0.4 is 11.1 Å². The molecule has 1 saturated carbocycles. The lowest BCUT2D eigenvalue weighted by atomic mass is 10.1. The van der Waals surface area contributed by atoms with Crippen molar-refractivity contribution in [3.05, 3.63) is 29.6 Å². The van der Waals surface area contributed by atoms with Crippen LogP contribution in [0, 0.1) is 11.8 Å². The van der Waals surface area contributed by atoms with Gasteiger partial charge in [-0.05, 0) is 24.5 Å². The number of hydrogen-bond acceptors (Lipinski definition) is 4. The van der Waals surface area contributed by atoms with Gasteiger partial charge in [0.05, 0.1) is 5.69 Å². The molecule has 2 aromatic rings. The average Bonchev–Trinajstić information content (AvgIpc) is 2.94. The summed E-state index contributed by atoms with van der Waals surface area (Å²) < 4.78 is 0. The maximum atomic E-state index is 11.8. The van der Waals surface area contributed by atoms with Gasteiger partial charge in [-0.3, -0.25) is 4.79 Å². The molecule has 1 aliphatic carbocycles. The Hall–Kier alpha value is -1.88. The van der Waals surface area contributed by atoms with Crippen molar-refractivity contribution in [3.63, 3.8) is 0 Å². The summed E-state index contributed by atoms with van der Waals surface area (Å²) in [5, 5.41) is 5.46. The van der Waals surface area contributed by atoms with Crippen LogP contribution in [0.1, 0.15) is 13.3 Å². The third-order valence-electron chi connectivity index (χ3n) is 3.36. The molecule has 0 bridgehead atoms. The van der Waals surface area contributed by atoms with Crippen LogP contribution in [0.2, 0.25) is 0 Å². The fraction of sp³-hybridized carbons (Fsp3) is 0.286. The van der Waals surface area contributed by atoms with Gasteiger partial charge in [-0.1, -0.05) is 19.1 Å². The number of thiazole rings is 1. The Bertz CT molecular complexity index is 623. The van der Waals surface area contributed by atoms with E-state index in [1.165, 1.54) is 11.3 Å². The second-order valence-electron chi connectivity index (χ2n) is 4.97. The van der Waals surface area contributed by atoms with Gasteiger partial charge in [-0.2, -0.15) is 0 Å². The number of nitrogens with one attached hydrogen (secondary N) is 1. The highest BCUT2D eigenvalue weighted by atomic mass is 32.1. The van der Waals surface area contributed by atoms with E-state index in [0.29, 0.717) is 16.7 Å². The summed E-state index contributed by atoms with van der Waals surface area (Å²) in [5.41, 5.74) is 8.28. The predicted octanol–water partition coefficient (Wildman–Crippen LogP) is 2.99. The number of hydrogen-bond donors (Lipinski definition) is 2. The first-order valence-electron chi connectivity index (χ1n) is 6.26. The summed E-state index contributed by atoms with van der Waals surface area (Å²) in [4.78, 5) is 16.2. The lowest BCUT2D eigenvalue weighted by Gasteiger charge is -2.00. The Balaban J connectivity index is 1.74. The first kappa shape index (κ1) is 12.2. The molecule has 3 rings (SSSR count). The largest absolute Gasteiger partial charge is 0.399 e. The van der Waals surface area contributed by atoms with E-state index in [9.17, 15) is 4.79 Å². The van der Waals surface area contributed by atoms with Crippen LogP contribution in [-0.2, 0) is 4.79 Å². The third-order valence-corrected chi connectivity index (χ3v) is 4.12. The van der Waals surface area contributed by atoms with Gasteiger partial charge in [-0.15, -0.1) is 11.3 Å². The molecule has 1 heterocycles. The number of carbonyl (C=O) groups excluding carboxylic acids is 1. The van der Waals surface area contributed by atoms with E-state index in [1.54, 1.807) is 0 Å². The van der Waals surface area contributed by atoms with E-state index in [2.05, 4.69) is 17.2 Å². The molecule has 0 aliphatic heterocycles. The molecule has 1 amide bonds. The molecule has 2 unspecified atom stereocenters. The average molecular weight is 273 g/mol. The zero-order valence-electron chi connectivity index (χ0n) is 10.6. The van der Waals surface area contributed by atoms with Gasteiger partial charge in [-0.25, -0.2) is 4.98 Å². The summed E-state index contributed by atoms with van der Waals surface area (Å²) >= 11 is 1.44. The SMILES string of the molecule is CC1CC1C(=O)Nc1nc(-c2cccc(N)c2)cs1. The van der Waals surface area contributed by atoms with Crippen molar-refractivity contribution >= 4 is 28.1 Å². The number of amides is 1. The topological polar surface area (TPSA) is 68.0 Å². The molecule has 1 fully saturated rings. The highest BCUT2D eigenvalue weighted by Gasteiger charge is 2.39. The summed E-state index contributed by atoms with van der Waals surface area (Å²) in [5.74, 6) is 0.758. The second kappa shape index (κ2) is 4.66. The highest BCUT2D eigenvalue weighted by Crippen LogP contribution is 2.38. The molecule has 0 spiro atoms. The van der Waals surface area contributed by atoms with E-state index in [1.807, 2.05) is 29.6 Å². The zero-order valence-corrected chi connectivity index (χ0v) is 11.4. The van der Waals surface area contributed by atoms with Crippen molar-refractivity contribution in [2.24, 2.45) is 11.8 Å². The molecule has 2 atom stereocenters. The first-order valence-corrected chi connectivity index (χ1v) is 7.14. The number of nitrogen functional groups attached to an aromatic ring is 1. The van der Waals surface area contributed by atoms with E-state index < -0.39 is 0 Å². The minimum atomic E-state index is 0.0842. The van der Waals surface area contributed by atoms with Gasteiger partial charge < -0.3 is 11.1 Å². The maximum Gasteiger partial charge on any atom is 0.229 e. The van der Waals surface area contributed by atoms with Gasteiger partial charge >= 0.3 is 0 Å². The van der Waals surface area contributed by atoms with Crippen molar-refractivity contribution in [1.29, 1.82) is 0 Å². The minimum Gasteiger partial charge on any atom is -0.399 e. The van der Waals surface area contributed by atoms with Crippen molar-refractivity contribution in [2.75, 3.05) is 11.1 Å². The van der Waals surface area contributed by atoms with Crippen LogP contribution in [-0.4, -0.2) is 10.9 Å². The van der Waals surface area contributed by atoms with Gasteiger partial charge in [0, 0.05) is 22.5 Å². The molecule has 1 aliphatic rings. The molecule has 98 valence electrons. The van der Waals surface area contributed by atoms with Crippen LogP contribution >= 0.6 is 11.3 Å². The fourth-order valence-electron chi connectivity index (χ4n) is 2.05. The summed E-state index contributed by atoms with van der Waals surface area (Å²) in [6.07, 6.45) is 0.985. The number of anilines is 2. The molecule has 3 N–H and O–H groups in total. The van der Waals surface area contributed by atoms with E-state index in [4.69, 9.17) is 5.73 Å². The smallest absolute Gasteiger partial charge is 0.229 e. The third kappa shape index (κ3) is 2.61. The summed E-state index contributed by atoms with van der Waals surface area (Å²) in [7, 11) is 0. The minimum absolute atomic E-state index is 0.0842. The van der Waals surface area contributed by atoms with Crippen LogP contribution in [0.4, 0.5) is 10.8 Å². The van der Waals surface area contributed by atoms with Crippen LogP contribution in [0.15, 0.2) is 29.6 Å². The van der Waals surface area contributed by atoms with Gasteiger partial charge in [0.2, 0.25) is 5.91 Å². The number of aromatic nitrogens is 1. The van der Waals surface area contributed by atoms with Gasteiger partial charge in [0.15, 0.2) is 5.13 Å². The van der Waals surface area contributed by atoms with Crippen LogP contribution in [0.25, 0.3) is 11.3 Å². The quantitative estimate of drug-likeness (QED) is 0.845. The van der Waals surface area contributed by atoms with Crippen molar-refractivity contribution in [1.82, 2.24) is 4.98 Å². The lowest BCUT2D eigenvalue weighted by molar-refractivity contribution is -0.117. The summed E-state index contributed by atoms with van der Waals surface area (Å²) in [6.45, 7) is 2.09. The molecule has 0 saturated heterocycles. The standard InChI is InChI=1S/C14H15N3OS/c1-8-5-11(8)13(18)17-14-16-12(7-19-14)9-3-2-4-10(15)6-9/h2-4,6-8,11H,5,15H2,1H3,(H,16,17,18). The number of rotatable bonds is 3. The zero-order chi connectivity index (χ0) is 13.4. The molecule has 19 heavy (non-hydrogen) atoms. The molecule has 5 heteroatoms. The first-order chi connectivity index (χ1) is 9.13. The molecule has 1 aromatic carbocycles. The predicted molar refractivity (Wildman–Crippen MR) is 77.9 cm³/mol. The van der Waals surface area contributed by atoms with Crippen molar-refractivity contribution in [2.45, 2.75) is 13.3 Å². The van der Waals surface area contributed by atoms with E-state index in [0.717, 1.165) is 17.7 Å². The Labute approximate surface area is 115 Å². The monoisotopic (exact) mass is 273 g/mol. The Morgan fingerprint density at radius 2 is 2.32 bits per heavy atom. The number of nitrogens with two attached hydrogens (primary N) is 1. The van der Waals surface area contributed by atoms with Gasteiger partial charge in [0.1, 0.15) is 0 Å². The van der Waals surface area contributed by atoms with E-state index >= 15 is 0 Å². The number of carbonyl (C=O) groups is 1. The Morgan fingerprint density at radius 1 is 1.53 bits per heavy atom. The molecular formula is C14H15N3OS. The molecule has 1 aromatic heterocycles. The summed E-state index contributed by atoms with van der Waals surface area (Å²) in [6, 6.07) is 7.57. The van der Waals surface area contributed by atoms with Crippen LogP contribution in [0.5, 0.6) is 0 Å². The van der Waals surface area contributed by atoms with Gasteiger partial charge in [0.25, 0.3) is 0 Å². The maximum absolute atomic E-state index is 11.8. The normalized spacial score (nSPS) is 21.1. The Morgan fingerprint density at radius 3 is 3.00 bits per heavy atom. The van der Waals surface area contributed by atoms with Crippen molar-refractivity contribution < 1.29 is 4.79 Å². The van der Waals surface area contributed by atoms with Crippen LogP contribution in [0.3, 0.4) is 0 Å². The number of benzene rings is 1. The second-order valence-corrected chi connectivity index (χ2v) is 5.83. The molecular weight excluding hydrogens is 258 g/mol. The van der Waals surface area contributed by atoms with E-state index in [-0.39, 0.29) is 11.8 Å². The Kier molecular flexibility index (Phi) is 2.98. The highest BCUT2D eigenvalue weighted by molar-refractivity contribution is 7.14.